The van der Waals surface area contributed by atoms with Gasteiger partial charge in [0, 0.05) is 17.8 Å². The van der Waals surface area contributed by atoms with Gasteiger partial charge < -0.3 is 4.90 Å². The summed E-state index contributed by atoms with van der Waals surface area (Å²) >= 11 is 0. The second-order valence-corrected chi connectivity index (χ2v) is 13.7. The fourth-order valence-corrected chi connectivity index (χ4v) is 9.19. The van der Waals surface area contributed by atoms with Crippen LogP contribution < -0.4 is 4.90 Å². The molecule has 0 amide bonds. The van der Waals surface area contributed by atoms with E-state index in [4.69, 9.17) is 0 Å². The van der Waals surface area contributed by atoms with Crippen molar-refractivity contribution < 1.29 is 0 Å². The van der Waals surface area contributed by atoms with Crippen LogP contribution in [0.1, 0.15) is 27.8 Å². The Morgan fingerprint density at radius 3 is 1.96 bits per heavy atom. The van der Waals surface area contributed by atoms with Gasteiger partial charge in [0.1, 0.15) is 0 Å². The number of benzene rings is 7. The standard InChI is InChI=1S/C49H34N2/c1-4-36-37-16-8-10-18-43(37)49(42(36)5-2)44-19-11-9-17-38(44)39-24-22-34(29-45(39)49)33-23-25-47-41(28-33)40-27-32-15-7-6-14-31(32)26-35(40)30-51(47)48-21-13-12-20-46(48)50-3/h4-29H,1-3,30H2. The summed E-state index contributed by atoms with van der Waals surface area (Å²) < 4.78 is 0. The highest BCUT2D eigenvalue weighted by Crippen LogP contribution is 2.62. The van der Waals surface area contributed by atoms with Crippen LogP contribution in [-0.2, 0) is 12.0 Å². The number of para-hydroxylation sites is 2. The van der Waals surface area contributed by atoms with E-state index in [1.165, 1.54) is 83.2 Å². The number of allylic oxidation sites excluding steroid dienone is 4. The molecule has 7 aromatic carbocycles. The molecule has 1 atom stereocenters. The minimum Gasteiger partial charge on any atom is -0.335 e. The smallest absolute Gasteiger partial charge is 0.0859 e. The molecule has 1 heterocycles. The van der Waals surface area contributed by atoms with Crippen molar-refractivity contribution in [3.05, 3.63) is 204 Å². The molecule has 0 aromatic heterocycles. The first kappa shape index (κ1) is 29.4. The Morgan fingerprint density at radius 1 is 0.529 bits per heavy atom. The van der Waals surface area contributed by atoms with Crippen molar-refractivity contribution in [3.63, 3.8) is 0 Å². The van der Waals surface area contributed by atoms with Crippen molar-refractivity contribution in [2.24, 2.45) is 4.99 Å². The van der Waals surface area contributed by atoms with E-state index < -0.39 is 5.41 Å². The van der Waals surface area contributed by atoms with Gasteiger partial charge in [-0.25, -0.2) is 0 Å². The van der Waals surface area contributed by atoms with E-state index in [-0.39, 0.29) is 0 Å². The van der Waals surface area contributed by atoms with Gasteiger partial charge in [-0.1, -0.05) is 128 Å². The Kier molecular flexibility index (Phi) is 6.34. The molecule has 1 aliphatic heterocycles. The molecule has 1 unspecified atom stereocenters. The topological polar surface area (TPSA) is 15.6 Å². The summed E-state index contributed by atoms with van der Waals surface area (Å²) in [5, 5.41) is 2.49. The highest BCUT2D eigenvalue weighted by molar-refractivity contribution is 6.00. The van der Waals surface area contributed by atoms with Gasteiger partial charge in [0.25, 0.3) is 0 Å². The Bertz CT molecular complexity index is 2690. The summed E-state index contributed by atoms with van der Waals surface area (Å²) in [4.78, 5) is 6.80. The van der Waals surface area contributed by atoms with Crippen LogP contribution in [0.15, 0.2) is 181 Å². The van der Waals surface area contributed by atoms with Gasteiger partial charge in [0.05, 0.1) is 16.8 Å². The fraction of sp³-hybridized carbons (Fsp3) is 0.0408. The molecule has 0 fully saturated rings. The molecule has 1 spiro atoms. The van der Waals surface area contributed by atoms with Gasteiger partial charge in [-0.15, -0.1) is 0 Å². The Morgan fingerprint density at radius 2 is 1.18 bits per heavy atom. The Balaban J connectivity index is 1.21. The minimum atomic E-state index is -0.471. The van der Waals surface area contributed by atoms with Crippen LogP contribution in [-0.4, -0.2) is 6.72 Å². The zero-order valence-corrected chi connectivity index (χ0v) is 28.2. The number of aliphatic imine (C=N–C) groups is 1. The molecular formula is C49H34N2. The predicted molar refractivity (Wildman–Crippen MR) is 215 cm³/mol. The van der Waals surface area contributed by atoms with Crippen molar-refractivity contribution in [1.82, 2.24) is 0 Å². The molecular weight excluding hydrogens is 617 g/mol. The highest BCUT2D eigenvalue weighted by Gasteiger charge is 2.51. The van der Waals surface area contributed by atoms with E-state index in [0.29, 0.717) is 0 Å². The number of rotatable bonds is 5. The third kappa shape index (κ3) is 3.96. The van der Waals surface area contributed by atoms with Crippen LogP contribution in [0.2, 0.25) is 0 Å². The van der Waals surface area contributed by atoms with Crippen LogP contribution in [0.3, 0.4) is 0 Å². The van der Waals surface area contributed by atoms with E-state index in [1.54, 1.807) is 0 Å². The highest BCUT2D eigenvalue weighted by atomic mass is 15.2. The van der Waals surface area contributed by atoms with E-state index in [2.05, 4.69) is 169 Å². The summed E-state index contributed by atoms with van der Waals surface area (Å²) in [6, 6.07) is 53.3. The van der Waals surface area contributed by atoms with Crippen LogP contribution in [0.4, 0.5) is 17.1 Å². The summed E-state index contributed by atoms with van der Waals surface area (Å²) in [6.07, 6.45) is 4.06. The lowest BCUT2D eigenvalue weighted by atomic mass is 9.69. The SMILES string of the molecule is C=CC1=C(C=C)C2(c3ccccc31)c1ccccc1-c1ccc(-c3ccc4c(c3)-c3cc5ccccc5cc3CN4c3ccccc3N=C)cc12. The van der Waals surface area contributed by atoms with Crippen molar-refractivity contribution in [1.29, 1.82) is 0 Å². The molecule has 10 rings (SSSR count). The van der Waals surface area contributed by atoms with Gasteiger partial charge >= 0.3 is 0 Å². The molecule has 7 aromatic rings. The lowest BCUT2D eigenvalue weighted by Gasteiger charge is -2.34. The molecule has 2 aliphatic carbocycles. The first-order valence-corrected chi connectivity index (χ1v) is 17.5. The van der Waals surface area contributed by atoms with E-state index in [1.807, 2.05) is 18.2 Å². The lowest BCUT2D eigenvalue weighted by Crippen LogP contribution is -2.26. The number of hydrogen-bond acceptors (Lipinski definition) is 2. The van der Waals surface area contributed by atoms with Gasteiger partial charge in [-0.2, -0.15) is 0 Å². The number of anilines is 2. The Labute approximate surface area is 298 Å². The van der Waals surface area contributed by atoms with Crippen LogP contribution in [0.25, 0.3) is 49.7 Å². The summed E-state index contributed by atoms with van der Waals surface area (Å²) in [7, 11) is 0. The lowest BCUT2D eigenvalue weighted by molar-refractivity contribution is 0.787. The quantitative estimate of drug-likeness (QED) is 0.169. The van der Waals surface area contributed by atoms with E-state index >= 15 is 0 Å². The maximum absolute atomic E-state index is 4.41. The summed E-state index contributed by atoms with van der Waals surface area (Å²) in [5.74, 6) is 0. The van der Waals surface area contributed by atoms with E-state index in [0.717, 1.165) is 23.5 Å². The van der Waals surface area contributed by atoms with Gasteiger partial charge in [0.15, 0.2) is 0 Å². The van der Waals surface area contributed by atoms with Gasteiger partial charge in [-0.3, -0.25) is 4.99 Å². The summed E-state index contributed by atoms with van der Waals surface area (Å²) in [6.45, 7) is 13.3. The van der Waals surface area contributed by atoms with Gasteiger partial charge in [-0.05, 0) is 127 Å². The average molecular weight is 651 g/mol. The van der Waals surface area contributed by atoms with E-state index in [9.17, 15) is 0 Å². The minimum absolute atomic E-state index is 0.471. The molecule has 240 valence electrons. The molecule has 0 radical (unpaired) electrons. The Hall–Kier alpha value is -6.51. The fourth-order valence-electron chi connectivity index (χ4n) is 9.19. The molecule has 0 bridgehead atoms. The number of fused-ring (bicyclic) bond motifs is 11. The van der Waals surface area contributed by atoms with Crippen LogP contribution in [0, 0.1) is 0 Å². The molecule has 0 saturated carbocycles. The maximum atomic E-state index is 4.41. The largest absolute Gasteiger partial charge is 0.335 e. The number of hydrogen-bond donors (Lipinski definition) is 0. The van der Waals surface area contributed by atoms with Crippen molar-refractivity contribution in [3.8, 4) is 33.4 Å². The first-order valence-electron chi connectivity index (χ1n) is 17.5. The van der Waals surface area contributed by atoms with Crippen molar-refractivity contribution >= 4 is 40.1 Å². The molecule has 2 heteroatoms. The van der Waals surface area contributed by atoms with Gasteiger partial charge in [0.2, 0.25) is 0 Å². The van der Waals surface area contributed by atoms with Crippen LogP contribution in [0.5, 0.6) is 0 Å². The number of nitrogens with zero attached hydrogens (tertiary/aromatic N) is 2. The first-order chi connectivity index (χ1) is 25.1. The maximum Gasteiger partial charge on any atom is 0.0859 e. The van der Waals surface area contributed by atoms with Crippen molar-refractivity contribution in [2.75, 3.05) is 4.90 Å². The molecule has 3 aliphatic rings. The third-order valence-corrected chi connectivity index (χ3v) is 11.3. The molecule has 2 nitrogen and oxygen atoms in total. The summed E-state index contributed by atoms with van der Waals surface area (Å²) in [5.41, 5.74) is 18.8. The average Bonchev–Trinajstić information content (AvgIpc) is 3.65. The third-order valence-electron chi connectivity index (χ3n) is 11.3. The van der Waals surface area contributed by atoms with Crippen molar-refractivity contribution in [2.45, 2.75) is 12.0 Å². The molecule has 51 heavy (non-hydrogen) atoms. The second kappa shape index (κ2) is 11.0. The normalized spacial score (nSPS) is 16.4. The second-order valence-electron chi connectivity index (χ2n) is 13.7. The van der Waals surface area contributed by atoms with Crippen LogP contribution >= 0.6 is 0 Å². The zero-order valence-electron chi connectivity index (χ0n) is 28.2. The molecule has 0 N–H and O–H groups in total. The zero-order chi connectivity index (χ0) is 34.3. The monoisotopic (exact) mass is 650 g/mol. The molecule has 0 saturated heterocycles. The predicted octanol–water partition coefficient (Wildman–Crippen LogP) is 12.6.